The fraction of sp³-hybridized carbons (Fsp3) is 0.346. The molecule has 184 valence electrons. The van der Waals surface area contributed by atoms with Crippen LogP contribution in [0.2, 0.25) is 0 Å². The summed E-state index contributed by atoms with van der Waals surface area (Å²) in [6.45, 7) is 4.22. The summed E-state index contributed by atoms with van der Waals surface area (Å²) in [6.07, 6.45) is 0.662. The number of aryl methyl sites for hydroxylation is 2. The first-order chi connectivity index (χ1) is 16.8. The summed E-state index contributed by atoms with van der Waals surface area (Å²) in [5.41, 5.74) is 0.375. The largest absolute Gasteiger partial charge is 0.497 e. The number of oxazole rings is 1. The standard InChI is InChI=1S/C26H28N2O7/c1-17-23(27-18(2)34-17)12-15-33-21-6-4-19(5-7-21)16-28(26(13-14-26)24(29)30)25(31)35-22-10-8-20(32-3)9-11-22/h4-11H,12-16H2,1-3H3,(H,29,30). The molecule has 35 heavy (non-hydrogen) atoms. The van der Waals surface area contributed by atoms with Gasteiger partial charge in [-0.15, -0.1) is 0 Å². The van der Waals surface area contributed by atoms with E-state index < -0.39 is 17.6 Å². The van der Waals surface area contributed by atoms with Crippen molar-refractivity contribution in [1.82, 2.24) is 9.88 Å². The molecular weight excluding hydrogens is 452 g/mol. The number of carboxylic acid groups (broad SMARTS) is 1. The van der Waals surface area contributed by atoms with Gasteiger partial charge in [-0.1, -0.05) is 12.1 Å². The summed E-state index contributed by atoms with van der Waals surface area (Å²) < 4.78 is 21.8. The zero-order valence-electron chi connectivity index (χ0n) is 19.9. The highest BCUT2D eigenvalue weighted by molar-refractivity contribution is 5.88. The third-order valence-corrected chi connectivity index (χ3v) is 5.99. The average molecular weight is 481 g/mol. The number of rotatable bonds is 10. The highest BCUT2D eigenvalue weighted by Gasteiger charge is 2.57. The molecule has 0 atom stereocenters. The Balaban J connectivity index is 1.40. The Bertz CT molecular complexity index is 1180. The van der Waals surface area contributed by atoms with E-state index in [0.29, 0.717) is 49.0 Å². The highest BCUT2D eigenvalue weighted by Crippen LogP contribution is 2.43. The van der Waals surface area contributed by atoms with Crippen LogP contribution in [0.1, 0.15) is 35.7 Å². The number of methoxy groups -OCH3 is 1. The quantitative estimate of drug-likeness (QED) is 0.450. The molecule has 0 aliphatic heterocycles. The second-order valence-corrected chi connectivity index (χ2v) is 8.44. The van der Waals surface area contributed by atoms with Gasteiger partial charge in [0.2, 0.25) is 0 Å². The van der Waals surface area contributed by atoms with Gasteiger partial charge in [0.25, 0.3) is 0 Å². The first kappa shape index (κ1) is 24.1. The lowest BCUT2D eigenvalue weighted by Gasteiger charge is -2.28. The van der Waals surface area contributed by atoms with Gasteiger partial charge in [0.05, 0.1) is 26.0 Å². The van der Waals surface area contributed by atoms with Crippen LogP contribution < -0.4 is 14.2 Å². The number of hydrogen-bond donors (Lipinski definition) is 1. The fourth-order valence-corrected chi connectivity index (χ4v) is 3.85. The maximum Gasteiger partial charge on any atom is 0.416 e. The zero-order valence-corrected chi connectivity index (χ0v) is 19.9. The minimum absolute atomic E-state index is 0.0962. The molecule has 1 heterocycles. The van der Waals surface area contributed by atoms with Crippen molar-refractivity contribution in [2.75, 3.05) is 13.7 Å². The average Bonchev–Trinajstić information content (AvgIpc) is 3.59. The Hall–Kier alpha value is -4.01. The number of hydrogen-bond acceptors (Lipinski definition) is 7. The van der Waals surface area contributed by atoms with Crippen molar-refractivity contribution in [3.63, 3.8) is 0 Å². The van der Waals surface area contributed by atoms with Gasteiger partial charge >= 0.3 is 12.1 Å². The van der Waals surface area contributed by atoms with Crippen LogP contribution in [0.25, 0.3) is 0 Å². The van der Waals surface area contributed by atoms with Gasteiger partial charge in [0.1, 0.15) is 28.5 Å². The lowest BCUT2D eigenvalue weighted by Crippen LogP contribution is -2.48. The van der Waals surface area contributed by atoms with E-state index in [0.717, 1.165) is 17.0 Å². The van der Waals surface area contributed by atoms with Crippen molar-refractivity contribution in [2.45, 2.75) is 45.2 Å². The van der Waals surface area contributed by atoms with E-state index in [1.165, 1.54) is 4.90 Å². The monoisotopic (exact) mass is 480 g/mol. The number of ether oxygens (including phenoxy) is 3. The van der Waals surface area contributed by atoms with E-state index >= 15 is 0 Å². The highest BCUT2D eigenvalue weighted by atomic mass is 16.6. The van der Waals surface area contributed by atoms with Crippen LogP contribution in [0.15, 0.2) is 52.9 Å². The molecule has 0 radical (unpaired) electrons. The lowest BCUT2D eigenvalue weighted by atomic mass is 10.1. The number of carbonyl (C=O) groups is 2. The van der Waals surface area contributed by atoms with Crippen LogP contribution >= 0.6 is 0 Å². The summed E-state index contributed by atoms with van der Waals surface area (Å²) in [6, 6.07) is 13.8. The summed E-state index contributed by atoms with van der Waals surface area (Å²) >= 11 is 0. The van der Waals surface area contributed by atoms with Crippen LogP contribution in [0.4, 0.5) is 4.79 Å². The van der Waals surface area contributed by atoms with Crippen molar-refractivity contribution in [2.24, 2.45) is 0 Å². The van der Waals surface area contributed by atoms with Crippen molar-refractivity contribution in [1.29, 1.82) is 0 Å². The van der Waals surface area contributed by atoms with Gasteiger partial charge < -0.3 is 23.7 Å². The third-order valence-electron chi connectivity index (χ3n) is 5.99. The molecule has 0 saturated heterocycles. The molecular formula is C26H28N2O7. The van der Waals surface area contributed by atoms with Gasteiger partial charge in [-0.25, -0.2) is 14.6 Å². The Morgan fingerprint density at radius 1 is 1.03 bits per heavy atom. The molecule has 1 N–H and O–H groups in total. The van der Waals surface area contributed by atoms with Crippen molar-refractivity contribution < 1.29 is 33.3 Å². The van der Waals surface area contributed by atoms with E-state index in [4.69, 9.17) is 18.6 Å². The number of benzene rings is 2. The Kier molecular flexibility index (Phi) is 6.95. The van der Waals surface area contributed by atoms with Crippen molar-refractivity contribution in [3.8, 4) is 17.2 Å². The molecule has 0 spiro atoms. The van der Waals surface area contributed by atoms with E-state index in [2.05, 4.69) is 4.98 Å². The number of carboxylic acids is 1. The molecule has 0 unspecified atom stereocenters. The van der Waals surface area contributed by atoms with Gasteiger partial charge in [0, 0.05) is 13.3 Å². The molecule has 2 aromatic carbocycles. The predicted octanol–water partition coefficient (Wildman–Crippen LogP) is 4.54. The van der Waals surface area contributed by atoms with E-state index in [9.17, 15) is 14.7 Å². The number of aliphatic carboxylic acids is 1. The second-order valence-electron chi connectivity index (χ2n) is 8.44. The fourth-order valence-electron chi connectivity index (χ4n) is 3.85. The summed E-state index contributed by atoms with van der Waals surface area (Å²) in [5.74, 6) is 1.98. The molecule has 1 aromatic heterocycles. The molecule has 1 fully saturated rings. The Morgan fingerprint density at radius 3 is 2.20 bits per heavy atom. The van der Waals surface area contributed by atoms with Gasteiger partial charge in [-0.05, 0) is 61.7 Å². The third kappa shape index (κ3) is 5.56. The normalized spacial score (nSPS) is 13.7. The van der Waals surface area contributed by atoms with E-state index in [1.54, 1.807) is 43.5 Å². The van der Waals surface area contributed by atoms with Crippen LogP contribution in [0.3, 0.4) is 0 Å². The number of aromatic nitrogens is 1. The number of nitrogens with zero attached hydrogens (tertiary/aromatic N) is 2. The molecule has 1 aliphatic rings. The zero-order chi connectivity index (χ0) is 25.0. The minimum Gasteiger partial charge on any atom is -0.497 e. The lowest BCUT2D eigenvalue weighted by molar-refractivity contribution is -0.144. The van der Waals surface area contributed by atoms with Gasteiger partial charge in [-0.3, -0.25) is 4.90 Å². The molecule has 4 rings (SSSR count). The van der Waals surface area contributed by atoms with Gasteiger partial charge in [0.15, 0.2) is 5.89 Å². The van der Waals surface area contributed by atoms with E-state index in [-0.39, 0.29) is 6.54 Å². The van der Waals surface area contributed by atoms with Crippen LogP contribution in [0.5, 0.6) is 17.2 Å². The molecule has 9 heteroatoms. The van der Waals surface area contributed by atoms with Crippen molar-refractivity contribution in [3.05, 3.63) is 71.4 Å². The topological polar surface area (TPSA) is 111 Å². The molecule has 1 saturated carbocycles. The molecule has 1 aliphatic carbocycles. The van der Waals surface area contributed by atoms with E-state index in [1.807, 2.05) is 26.0 Å². The Morgan fingerprint density at radius 2 is 1.66 bits per heavy atom. The summed E-state index contributed by atoms with van der Waals surface area (Å²) in [4.78, 5) is 30.6. The predicted molar refractivity (Wildman–Crippen MR) is 126 cm³/mol. The minimum atomic E-state index is -1.26. The maximum atomic E-state index is 13.0. The van der Waals surface area contributed by atoms with Crippen LogP contribution in [-0.4, -0.2) is 46.3 Å². The number of amides is 1. The van der Waals surface area contributed by atoms with Crippen molar-refractivity contribution >= 4 is 12.1 Å². The van der Waals surface area contributed by atoms with Crippen LogP contribution in [-0.2, 0) is 17.8 Å². The summed E-state index contributed by atoms with van der Waals surface area (Å²) in [7, 11) is 1.54. The smallest absolute Gasteiger partial charge is 0.416 e. The van der Waals surface area contributed by atoms with Crippen LogP contribution in [0, 0.1) is 13.8 Å². The summed E-state index contributed by atoms with van der Waals surface area (Å²) in [5, 5.41) is 9.79. The molecule has 9 nitrogen and oxygen atoms in total. The first-order valence-corrected chi connectivity index (χ1v) is 11.3. The Labute approximate surface area is 203 Å². The SMILES string of the molecule is COc1ccc(OC(=O)N(Cc2ccc(OCCc3nc(C)oc3C)cc2)C2(C(=O)O)CC2)cc1. The first-order valence-electron chi connectivity index (χ1n) is 11.3. The molecule has 3 aromatic rings. The second kappa shape index (κ2) is 10.1. The van der Waals surface area contributed by atoms with Gasteiger partial charge in [-0.2, -0.15) is 0 Å². The number of carbonyl (C=O) groups excluding carboxylic acids is 1. The molecule has 1 amide bonds. The molecule has 0 bridgehead atoms. The maximum absolute atomic E-state index is 13.0.